The van der Waals surface area contributed by atoms with E-state index in [1.54, 1.807) is 14.2 Å². The molecule has 0 heterocycles. The molecule has 2 rings (SSSR count). The number of rotatable bonds is 6. The smallest absolute Gasteiger partial charge is 0.416 e. The summed E-state index contributed by atoms with van der Waals surface area (Å²) >= 11 is 0. The number of ether oxygens (including phenoxy) is 1. The minimum absolute atomic E-state index is 0.559. The molecule has 0 spiro atoms. The van der Waals surface area contributed by atoms with Crippen LogP contribution in [0.2, 0.25) is 0 Å². The molecule has 2 N–H and O–H groups in total. The Morgan fingerprint density at radius 3 is 2.38 bits per heavy atom. The molecule has 0 aromatic heterocycles. The average molecular weight is 365 g/mol. The largest absolute Gasteiger partial charge is 0.497 e. The van der Waals surface area contributed by atoms with E-state index in [9.17, 15) is 13.2 Å². The predicted octanol–water partition coefficient (Wildman–Crippen LogP) is 3.62. The molecule has 0 unspecified atom stereocenters. The molecule has 0 radical (unpaired) electrons. The molecule has 0 fully saturated rings. The Morgan fingerprint density at radius 1 is 1.04 bits per heavy atom. The van der Waals surface area contributed by atoms with Crippen molar-refractivity contribution in [2.24, 2.45) is 4.99 Å². The molecule has 0 aliphatic rings. The maximum absolute atomic E-state index is 12.6. The number of alkyl halides is 3. The van der Waals surface area contributed by atoms with Crippen LogP contribution < -0.4 is 15.4 Å². The number of nitrogens with zero attached hydrogens (tertiary/aromatic N) is 1. The Labute approximate surface area is 151 Å². The highest BCUT2D eigenvalue weighted by atomic mass is 19.4. The summed E-state index contributed by atoms with van der Waals surface area (Å²) in [6, 6.07) is 12.9. The molecule has 0 atom stereocenters. The summed E-state index contributed by atoms with van der Waals surface area (Å²) in [7, 11) is 3.29. The van der Waals surface area contributed by atoms with E-state index in [-0.39, 0.29) is 0 Å². The van der Waals surface area contributed by atoms with Gasteiger partial charge in [0.2, 0.25) is 0 Å². The summed E-state index contributed by atoms with van der Waals surface area (Å²) in [4.78, 5) is 4.14. The van der Waals surface area contributed by atoms with Crippen LogP contribution in [0.5, 0.6) is 5.75 Å². The van der Waals surface area contributed by atoms with Crippen molar-refractivity contribution in [3.8, 4) is 5.75 Å². The predicted molar refractivity (Wildman–Crippen MR) is 96.3 cm³/mol. The summed E-state index contributed by atoms with van der Waals surface area (Å²) in [6.45, 7) is 1.14. The first-order chi connectivity index (χ1) is 12.4. The number of hydrogen-bond donors (Lipinski definition) is 2. The quantitative estimate of drug-likeness (QED) is 0.607. The summed E-state index contributed by atoms with van der Waals surface area (Å²) in [5.41, 5.74) is 1.24. The van der Waals surface area contributed by atoms with E-state index in [1.165, 1.54) is 12.1 Å². The van der Waals surface area contributed by atoms with E-state index >= 15 is 0 Å². The van der Waals surface area contributed by atoms with E-state index < -0.39 is 11.7 Å². The topological polar surface area (TPSA) is 45.7 Å². The molecule has 7 heteroatoms. The van der Waals surface area contributed by atoms with Gasteiger partial charge >= 0.3 is 6.18 Å². The van der Waals surface area contributed by atoms with Crippen LogP contribution in [0.15, 0.2) is 53.5 Å². The number of aliphatic imine (C=N–C) groups is 1. The minimum atomic E-state index is -4.30. The van der Waals surface area contributed by atoms with Gasteiger partial charge in [-0.25, -0.2) is 0 Å². The zero-order valence-corrected chi connectivity index (χ0v) is 14.7. The van der Waals surface area contributed by atoms with Gasteiger partial charge in [-0.05, 0) is 41.8 Å². The van der Waals surface area contributed by atoms with Crippen molar-refractivity contribution >= 4 is 5.96 Å². The third-order valence-electron chi connectivity index (χ3n) is 3.81. The van der Waals surface area contributed by atoms with Gasteiger partial charge in [0.05, 0.1) is 12.7 Å². The minimum Gasteiger partial charge on any atom is -0.497 e. The highest BCUT2D eigenvalue weighted by Crippen LogP contribution is 2.29. The van der Waals surface area contributed by atoms with E-state index in [0.717, 1.165) is 29.0 Å². The molecule has 2 aromatic rings. The second-order valence-corrected chi connectivity index (χ2v) is 5.65. The first-order valence-electron chi connectivity index (χ1n) is 8.16. The second-order valence-electron chi connectivity index (χ2n) is 5.65. The molecule has 140 valence electrons. The Kier molecular flexibility index (Phi) is 6.89. The van der Waals surface area contributed by atoms with Gasteiger partial charge in [0.25, 0.3) is 0 Å². The summed E-state index contributed by atoms with van der Waals surface area (Å²) in [5, 5.41) is 6.33. The molecule has 0 saturated carbocycles. The fourth-order valence-electron chi connectivity index (χ4n) is 2.37. The van der Waals surface area contributed by atoms with Crippen LogP contribution in [0.1, 0.15) is 16.7 Å². The lowest BCUT2D eigenvalue weighted by atomic mass is 10.1. The lowest BCUT2D eigenvalue weighted by Gasteiger charge is -2.13. The van der Waals surface area contributed by atoms with Gasteiger partial charge in [-0.3, -0.25) is 4.99 Å². The number of benzene rings is 2. The van der Waals surface area contributed by atoms with Gasteiger partial charge < -0.3 is 15.4 Å². The number of halogens is 3. The Morgan fingerprint density at radius 2 is 1.77 bits per heavy atom. The number of nitrogens with one attached hydrogen (secondary N) is 2. The van der Waals surface area contributed by atoms with Crippen LogP contribution in [-0.2, 0) is 19.1 Å². The van der Waals surface area contributed by atoms with E-state index in [4.69, 9.17) is 4.74 Å². The monoisotopic (exact) mass is 365 g/mol. The molecule has 0 aliphatic heterocycles. The van der Waals surface area contributed by atoms with E-state index in [2.05, 4.69) is 15.6 Å². The molecular weight excluding hydrogens is 343 g/mol. The molecule has 4 nitrogen and oxygen atoms in total. The lowest BCUT2D eigenvalue weighted by Crippen LogP contribution is -2.37. The van der Waals surface area contributed by atoms with Crippen LogP contribution >= 0.6 is 0 Å². The molecule has 0 amide bonds. The van der Waals surface area contributed by atoms with Crippen LogP contribution in [0.25, 0.3) is 0 Å². The van der Waals surface area contributed by atoms with Crippen LogP contribution in [0.3, 0.4) is 0 Å². The zero-order chi connectivity index (χ0) is 19.0. The molecule has 2 aromatic carbocycles. The van der Waals surface area contributed by atoms with Gasteiger partial charge in [-0.15, -0.1) is 0 Å². The van der Waals surface area contributed by atoms with Crippen molar-refractivity contribution in [2.45, 2.75) is 19.1 Å². The highest BCUT2D eigenvalue weighted by Gasteiger charge is 2.29. The summed E-state index contributed by atoms with van der Waals surface area (Å²) in [5.74, 6) is 1.41. The van der Waals surface area contributed by atoms with Crippen LogP contribution in [0, 0.1) is 0 Å². The van der Waals surface area contributed by atoms with Crippen LogP contribution in [-0.4, -0.2) is 26.7 Å². The average Bonchev–Trinajstić information content (AvgIpc) is 2.64. The third-order valence-corrected chi connectivity index (χ3v) is 3.81. The van der Waals surface area contributed by atoms with Gasteiger partial charge in [-0.2, -0.15) is 13.2 Å². The number of hydrogen-bond acceptors (Lipinski definition) is 2. The fraction of sp³-hybridized carbons (Fsp3) is 0.316. The van der Waals surface area contributed by atoms with Gasteiger partial charge in [0.15, 0.2) is 5.96 Å². The lowest BCUT2D eigenvalue weighted by molar-refractivity contribution is -0.137. The summed E-state index contributed by atoms with van der Waals surface area (Å²) < 4.78 is 42.8. The van der Waals surface area contributed by atoms with Crippen molar-refractivity contribution in [2.75, 3.05) is 20.7 Å². The van der Waals surface area contributed by atoms with Crippen LogP contribution in [0.4, 0.5) is 13.2 Å². The zero-order valence-electron chi connectivity index (χ0n) is 14.7. The van der Waals surface area contributed by atoms with Crippen molar-refractivity contribution in [1.29, 1.82) is 0 Å². The molecular formula is C19H22F3N3O. The van der Waals surface area contributed by atoms with Gasteiger partial charge in [0, 0.05) is 20.1 Å². The fourth-order valence-corrected chi connectivity index (χ4v) is 2.37. The number of guanidine groups is 1. The Hall–Kier alpha value is -2.70. The maximum Gasteiger partial charge on any atom is 0.416 e. The Bertz CT molecular complexity index is 728. The Balaban J connectivity index is 1.80. The number of methoxy groups -OCH3 is 1. The molecule has 0 aliphatic carbocycles. The molecule has 26 heavy (non-hydrogen) atoms. The van der Waals surface area contributed by atoms with Crippen molar-refractivity contribution in [3.05, 3.63) is 65.2 Å². The van der Waals surface area contributed by atoms with Gasteiger partial charge in [-0.1, -0.05) is 24.3 Å². The first kappa shape index (κ1) is 19.6. The highest BCUT2D eigenvalue weighted by molar-refractivity contribution is 5.79. The molecule has 0 saturated heterocycles. The van der Waals surface area contributed by atoms with Crippen molar-refractivity contribution < 1.29 is 17.9 Å². The van der Waals surface area contributed by atoms with Gasteiger partial charge in [0.1, 0.15) is 5.75 Å². The van der Waals surface area contributed by atoms with E-state index in [0.29, 0.717) is 25.5 Å². The first-order valence-corrected chi connectivity index (χ1v) is 8.16. The molecule has 0 bridgehead atoms. The maximum atomic E-state index is 12.6. The normalized spacial score (nSPS) is 12.0. The third kappa shape index (κ3) is 5.98. The second kappa shape index (κ2) is 9.12. The SMILES string of the molecule is CN=C(NCCc1ccc(C(F)(F)F)cc1)NCc1cccc(OC)c1. The van der Waals surface area contributed by atoms with Crippen molar-refractivity contribution in [3.63, 3.8) is 0 Å². The summed E-state index contributed by atoms with van der Waals surface area (Å²) in [6.07, 6.45) is -3.71. The van der Waals surface area contributed by atoms with Crippen molar-refractivity contribution in [1.82, 2.24) is 10.6 Å². The standard InChI is InChI=1S/C19H22F3N3O/c1-23-18(25-13-15-4-3-5-17(12-15)26-2)24-11-10-14-6-8-16(9-7-14)19(20,21)22/h3-9,12H,10-11,13H2,1-2H3,(H2,23,24,25). The van der Waals surface area contributed by atoms with E-state index in [1.807, 2.05) is 24.3 Å².